The van der Waals surface area contributed by atoms with Crippen LogP contribution in [0.3, 0.4) is 0 Å². The van der Waals surface area contributed by atoms with Gasteiger partial charge >= 0.3 is 18.2 Å². The molecular weight excluding hydrogens is 649 g/mol. The lowest BCUT2D eigenvalue weighted by atomic mass is 10.00. The molecule has 256 valence electrons. The average Bonchev–Trinajstić information content (AvgIpc) is 3.46. The molecule has 0 radical (unpaired) electrons. The third-order valence-corrected chi connectivity index (χ3v) is 8.32. The summed E-state index contributed by atoms with van der Waals surface area (Å²) in [6, 6.07) is 11.6. The van der Waals surface area contributed by atoms with Gasteiger partial charge in [-0.15, -0.1) is 5.01 Å². The fourth-order valence-electron chi connectivity index (χ4n) is 4.23. The summed E-state index contributed by atoms with van der Waals surface area (Å²) in [5.41, 5.74) is 0.493. The molecule has 0 aliphatic rings. The maximum Gasteiger partial charge on any atom is 0.435 e. The largest absolute Gasteiger partial charge is 0.569 e. The lowest BCUT2D eigenvalue weighted by molar-refractivity contribution is -0.716. The van der Waals surface area contributed by atoms with Crippen LogP contribution in [0.5, 0.6) is 0 Å². The van der Waals surface area contributed by atoms with Crippen LogP contribution in [0.2, 0.25) is 0 Å². The van der Waals surface area contributed by atoms with Crippen molar-refractivity contribution in [2.75, 3.05) is 13.7 Å². The SMILES string of the molecule is CC[C@@H](C)[C@@H](COC(=O)NS(=O)(=O)c1ccc(-n2nc(C(F)(F)F)cc2-c2ccc(C)cc2)cc1)N(C)/[N+]([O-])=N/OC(C)OC(C)=O. The van der Waals surface area contributed by atoms with Gasteiger partial charge in [0.2, 0.25) is 5.28 Å². The quantitative estimate of drug-likeness (QED) is 0.0815. The zero-order valence-corrected chi connectivity index (χ0v) is 27.2. The Kier molecular flexibility index (Phi) is 11.8. The van der Waals surface area contributed by atoms with Crippen LogP contribution >= 0.6 is 0 Å². The van der Waals surface area contributed by atoms with E-state index in [1.54, 1.807) is 35.9 Å². The van der Waals surface area contributed by atoms with Gasteiger partial charge in [0.05, 0.1) is 28.3 Å². The molecule has 0 saturated heterocycles. The van der Waals surface area contributed by atoms with Crippen molar-refractivity contribution in [3.05, 3.63) is 71.1 Å². The van der Waals surface area contributed by atoms with Crippen LogP contribution in [0.25, 0.3) is 16.9 Å². The van der Waals surface area contributed by atoms with Gasteiger partial charge < -0.3 is 14.7 Å². The average molecular weight is 685 g/mol. The van der Waals surface area contributed by atoms with Crippen molar-refractivity contribution in [3.63, 3.8) is 0 Å². The summed E-state index contributed by atoms with van der Waals surface area (Å²) in [5.74, 6) is -0.898. The molecule has 0 saturated carbocycles. The van der Waals surface area contributed by atoms with Gasteiger partial charge in [-0.25, -0.2) is 22.6 Å². The fraction of sp³-hybridized carbons (Fsp3) is 0.414. The Morgan fingerprint density at radius 3 is 2.30 bits per heavy atom. The molecule has 18 heteroatoms. The first kappa shape index (κ1) is 36.6. The monoisotopic (exact) mass is 684 g/mol. The standard InChI is InChI=1S/C29H35F3N6O8S/c1-7-19(3)26(36(6)38(41)35-46-21(5)45-20(4)39)17-44-28(40)34-47(42,43)24-14-12-23(13-15-24)37-25(16-27(33-37)29(30,31)32)22-10-8-18(2)9-11-22/h8-16,19,21,26H,7,17H2,1-6H3,(H,34,40)/b38-35-/t19-,21?,26-/m1/s1. The minimum Gasteiger partial charge on any atom is -0.569 e. The first-order valence-corrected chi connectivity index (χ1v) is 15.7. The number of benzene rings is 2. The molecule has 2 aromatic carbocycles. The number of nitrogens with one attached hydrogen (secondary N) is 1. The number of hydrogen-bond acceptors (Lipinski definition) is 10. The molecule has 3 aromatic rings. The molecule has 1 aromatic heterocycles. The Labute approximate surface area is 269 Å². The van der Waals surface area contributed by atoms with Gasteiger partial charge in [0.1, 0.15) is 12.6 Å². The summed E-state index contributed by atoms with van der Waals surface area (Å²) in [5, 5.41) is 20.5. The molecule has 3 rings (SSSR count). The second-order valence-electron chi connectivity index (χ2n) is 10.5. The number of alkyl halides is 3. The van der Waals surface area contributed by atoms with Crippen molar-refractivity contribution >= 4 is 22.1 Å². The van der Waals surface area contributed by atoms with Crippen LogP contribution in [0.15, 0.2) is 64.8 Å². The maximum atomic E-state index is 13.5. The van der Waals surface area contributed by atoms with Crippen molar-refractivity contribution < 1.29 is 50.5 Å². The number of carbonyl (C=O) groups is 2. The van der Waals surface area contributed by atoms with Gasteiger partial charge in [0.25, 0.3) is 16.3 Å². The van der Waals surface area contributed by atoms with Crippen molar-refractivity contribution in [2.24, 2.45) is 11.2 Å². The highest BCUT2D eigenvalue weighted by atomic mass is 32.2. The second-order valence-corrected chi connectivity index (χ2v) is 12.2. The van der Waals surface area contributed by atoms with Gasteiger partial charge in [0, 0.05) is 19.4 Å². The Morgan fingerprint density at radius 1 is 1.13 bits per heavy atom. The van der Waals surface area contributed by atoms with Gasteiger partial charge in [0.15, 0.2) is 5.69 Å². The molecule has 3 atom stereocenters. The number of nitrogens with zero attached hydrogens (tertiary/aromatic N) is 5. The van der Waals surface area contributed by atoms with Crippen LogP contribution in [0, 0.1) is 18.0 Å². The van der Waals surface area contributed by atoms with Crippen molar-refractivity contribution in [3.8, 4) is 16.9 Å². The van der Waals surface area contributed by atoms with Gasteiger partial charge in [-0.2, -0.15) is 18.3 Å². The van der Waals surface area contributed by atoms with E-state index in [0.29, 0.717) is 12.0 Å². The maximum absolute atomic E-state index is 13.5. The predicted octanol–water partition coefficient (Wildman–Crippen LogP) is 5.35. The molecule has 0 bridgehead atoms. The van der Waals surface area contributed by atoms with Gasteiger partial charge in [-0.05, 0) is 43.2 Å². The molecule has 0 fully saturated rings. The molecular formula is C29H35F3N6O8S. The lowest BCUT2D eigenvalue weighted by Gasteiger charge is -2.28. The van der Waals surface area contributed by atoms with Crippen LogP contribution in [0.1, 0.15) is 45.4 Å². The summed E-state index contributed by atoms with van der Waals surface area (Å²) in [4.78, 5) is 28.0. The Balaban J connectivity index is 1.74. The number of hydrogen-bond donors (Lipinski definition) is 1. The normalized spacial score (nSPS) is 14.1. The van der Waals surface area contributed by atoms with E-state index < -0.39 is 52.9 Å². The third-order valence-electron chi connectivity index (χ3n) is 6.99. The van der Waals surface area contributed by atoms with Crippen LogP contribution in [-0.2, 0) is 35.3 Å². The van der Waals surface area contributed by atoms with E-state index in [-0.39, 0.29) is 27.2 Å². The highest BCUT2D eigenvalue weighted by Gasteiger charge is 2.35. The van der Waals surface area contributed by atoms with Gasteiger partial charge in [-0.1, -0.05) is 50.1 Å². The summed E-state index contributed by atoms with van der Waals surface area (Å²) < 4.78 is 79.1. The molecule has 0 aliphatic carbocycles. The minimum atomic E-state index is -4.72. The predicted molar refractivity (Wildman–Crippen MR) is 160 cm³/mol. The third kappa shape index (κ3) is 9.81. The summed E-state index contributed by atoms with van der Waals surface area (Å²) >= 11 is 0. The number of aromatic nitrogens is 2. The number of halogens is 3. The van der Waals surface area contributed by atoms with E-state index in [1.807, 2.05) is 13.8 Å². The zero-order valence-electron chi connectivity index (χ0n) is 26.4. The fourth-order valence-corrected chi connectivity index (χ4v) is 5.12. The molecule has 0 aliphatic heterocycles. The number of carbonyl (C=O) groups excluding carboxylic acids is 2. The van der Waals surface area contributed by atoms with Crippen molar-refractivity contribution in [1.29, 1.82) is 0 Å². The number of rotatable bonds is 13. The minimum absolute atomic E-state index is 0.0674. The number of sulfonamides is 1. The van der Waals surface area contributed by atoms with E-state index in [2.05, 4.69) is 10.4 Å². The summed E-state index contributed by atoms with van der Waals surface area (Å²) in [6.45, 7) is 7.48. The zero-order chi connectivity index (χ0) is 35.1. The lowest BCUT2D eigenvalue weighted by Crippen LogP contribution is -2.45. The summed E-state index contributed by atoms with van der Waals surface area (Å²) in [6.07, 6.45) is -6.67. The first-order valence-electron chi connectivity index (χ1n) is 14.2. The van der Waals surface area contributed by atoms with Crippen LogP contribution in [0.4, 0.5) is 18.0 Å². The molecule has 0 spiro atoms. The van der Waals surface area contributed by atoms with E-state index in [0.717, 1.165) is 40.4 Å². The van der Waals surface area contributed by atoms with Gasteiger partial charge in [-0.3, -0.25) is 9.63 Å². The highest BCUT2D eigenvalue weighted by molar-refractivity contribution is 7.90. The Bertz CT molecular complexity index is 1680. The van der Waals surface area contributed by atoms with Crippen molar-refractivity contribution in [1.82, 2.24) is 19.5 Å². The number of likely N-dealkylation sites (N-methyl/N-ethyl adjacent to an activating group) is 1. The van der Waals surface area contributed by atoms with E-state index in [4.69, 9.17) is 14.3 Å². The van der Waals surface area contributed by atoms with E-state index in [1.165, 1.54) is 26.1 Å². The smallest absolute Gasteiger partial charge is 0.435 e. The molecule has 1 amide bonds. The topological polar surface area (TPSA) is 167 Å². The van der Waals surface area contributed by atoms with Crippen LogP contribution in [-0.4, -0.2) is 66.2 Å². The van der Waals surface area contributed by atoms with E-state index >= 15 is 0 Å². The second kappa shape index (κ2) is 15.1. The van der Waals surface area contributed by atoms with Crippen molar-refractivity contribution in [2.45, 2.75) is 64.4 Å². The Morgan fingerprint density at radius 2 is 1.74 bits per heavy atom. The van der Waals surface area contributed by atoms with E-state index in [9.17, 15) is 36.4 Å². The number of amides is 1. The number of esters is 1. The molecule has 14 nitrogen and oxygen atoms in total. The molecule has 1 N–H and O–H groups in total. The molecule has 1 unspecified atom stereocenters. The molecule has 47 heavy (non-hydrogen) atoms. The van der Waals surface area contributed by atoms with Crippen LogP contribution < -0.4 is 4.72 Å². The highest BCUT2D eigenvalue weighted by Crippen LogP contribution is 2.33. The number of ether oxygens (including phenoxy) is 2. The Hall–Kier alpha value is -4.87. The number of aryl methyl sites for hydroxylation is 1. The molecule has 1 heterocycles. The summed E-state index contributed by atoms with van der Waals surface area (Å²) in [7, 11) is -3.14. The number of hydrazine groups is 1. The first-order chi connectivity index (χ1) is 21.9.